The zero-order valence-electron chi connectivity index (χ0n) is 14.4. The van der Waals surface area contributed by atoms with Crippen LogP contribution < -0.4 is 4.90 Å². The number of hydrogen-bond donors (Lipinski definition) is 1. The molecule has 7 heteroatoms. The molecule has 0 aliphatic carbocycles. The molecule has 2 heterocycles. The average Bonchev–Trinajstić information content (AvgIpc) is 3.08. The Labute approximate surface area is 162 Å². The molecule has 5 nitrogen and oxygen atoms in total. The molecule has 2 aliphatic heterocycles. The number of aliphatic hydroxyl groups excluding tert-OH is 1. The molecular weight excluding hydrogens is 416 g/mol. The maximum absolute atomic E-state index is 13.3. The van der Waals surface area contributed by atoms with Crippen molar-refractivity contribution < 1.29 is 13.5 Å². The van der Waals surface area contributed by atoms with Crippen LogP contribution in [-0.2, 0) is 10.0 Å². The summed E-state index contributed by atoms with van der Waals surface area (Å²) in [5, 5.41) is 9.98. The summed E-state index contributed by atoms with van der Waals surface area (Å²) in [6.45, 7) is 0.468. The molecule has 1 N–H and O–H groups in total. The van der Waals surface area contributed by atoms with Crippen molar-refractivity contribution in [2.45, 2.75) is 23.4 Å². The van der Waals surface area contributed by atoms with Crippen LogP contribution in [0.15, 0.2) is 57.9 Å². The number of nitrogens with zero attached hydrogens (tertiary/aromatic N) is 2. The van der Waals surface area contributed by atoms with Crippen LogP contribution in [0.25, 0.3) is 0 Å². The fraction of sp³-hybridized carbons (Fsp3) is 0.368. The van der Waals surface area contributed by atoms with Crippen LogP contribution in [0, 0.1) is 5.92 Å². The van der Waals surface area contributed by atoms with E-state index in [0.717, 1.165) is 22.1 Å². The SMILES string of the molecule is CN1c2ccc(Br)cc2[C@@H]2[C@@H](CCN2S(=O)(=O)c2ccccc2)[C@H]1CO. The van der Waals surface area contributed by atoms with Crippen LogP contribution in [0.5, 0.6) is 0 Å². The standard InChI is InChI=1S/C19H21BrN2O3S/c1-21-17-8-7-13(20)11-16(17)19-15(18(21)12-23)9-10-22(19)26(24,25)14-5-3-2-4-6-14/h2-8,11,15,18-19,23H,9-10,12H2,1H3/t15-,18+,19-/m0/s1. The highest BCUT2D eigenvalue weighted by Crippen LogP contribution is 2.50. The van der Waals surface area contributed by atoms with Gasteiger partial charge in [-0.3, -0.25) is 0 Å². The van der Waals surface area contributed by atoms with Gasteiger partial charge in [0.05, 0.1) is 23.6 Å². The second-order valence-corrected chi connectivity index (χ2v) is 9.70. The van der Waals surface area contributed by atoms with E-state index in [-0.39, 0.29) is 24.6 Å². The molecular formula is C19H21BrN2O3S. The Morgan fingerprint density at radius 1 is 1.19 bits per heavy atom. The van der Waals surface area contributed by atoms with E-state index >= 15 is 0 Å². The highest BCUT2D eigenvalue weighted by molar-refractivity contribution is 9.10. The van der Waals surface area contributed by atoms with E-state index in [9.17, 15) is 13.5 Å². The molecule has 0 saturated carbocycles. The summed E-state index contributed by atoms with van der Waals surface area (Å²) in [5.74, 6) is 0.0605. The molecule has 3 atom stereocenters. The third-order valence-corrected chi connectivity index (χ3v) is 8.00. The molecule has 1 fully saturated rings. The normalized spacial score (nSPS) is 25.8. The van der Waals surface area contributed by atoms with Gasteiger partial charge in [-0.25, -0.2) is 8.42 Å². The molecule has 0 unspecified atom stereocenters. The Kier molecular flexibility index (Phi) is 4.59. The smallest absolute Gasteiger partial charge is 0.243 e. The predicted octanol–water partition coefficient (Wildman–Crippen LogP) is 3.01. The number of fused-ring (bicyclic) bond motifs is 3. The van der Waals surface area contributed by atoms with Crippen molar-refractivity contribution in [3.05, 3.63) is 58.6 Å². The first-order chi connectivity index (χ1) is 12.4. The summed E-state index contributed by atoms with van der Waals surface area (Å²) in [6.07, 6.45) is 0.734. The van der Waals surface area contributed by atoms with Gasteiger partial charge >= 0.3 is 0 Å². The second kappa shape index (κ2) is 6.64. The molecule has 2 aromatic carbocycles. The monoisotopic (exact) mass is 436 g/mol. The summed E-state index contributed by atoms with van der Waals surface area (Å²) >= 11 is 3.52. The summed E-state index contributed by atoms with van der Waals surface area (Å²) in [7, 11) is -1.63. The Morgan fingerprint density at radius 2 is 1.92 bits per heavy atom. The Hall–Kier alpha value is -1.41. The Bertz CT molecular complexity index is 920. The van der Waals surface area contributed by atoms with E-state index in [1.54, 1.807) is 28.6 Å². The zero-order valence-corrected chi connectivity index (χ0v) is 16.8. The third-order valence-electron chi connectivity index (χ3n) is 5.62. The largest absolute Gasteiger partial charge is 0.394 e. The first kappa shape index (κ1) is 18.0. The minimum absolute atomic E-state index is 0.00634. The van der Waals surface area contributed by atoms with Gasteiger partial charge in [0.15, 0.2) is 0 Å². The van der Waals surface area contributed by atoms with Gasteiger partial charge in [-0.15, -0.1) is 0 Å². The van der Waals surface area contributed by atoms with Crippen molar-refractivity contribution in [2.75, 3.05) is 25.1 Å². The molecule has 0 spiro atoms. The van der Waals surface area contributed by atoms with Crippen molar-refractivity contribution in [1.82, 2.24) is 4.31 Å². The van der Waals surface area contributed by atoms with Crippen molar-refractivity contribution in [1.29, 1.82) is 0 Å². The number of benzene rings is 2. The highest BCUT2D eigenvalue weighted by Gasteiger charge is 2.50. The molecule has 1 saturated heterocycles. The zero-order chi connectivity index (χ0) is 18.5. The van der Waals surface area contributed by atoms with E-state index < -0.39 is 10.0 Å². The van der Waals surface area contributed by atoms with Gasteiger partial charge < -0.3 is 10.0 Å². The van der Waals surface area contributed by atoms with Gasteiger partial charge in [0.1, 0.15) is 0 Å². The number of anilines is 1. The topological polar surface area (TPSA) is 60.9 Å². The molecule has 138 valence electrons. The number of sulfonamides is 1. The third kappa shape index (κ3) is 2.69. The maximum atomic E-state index is 13.3. The Morgan fingerprint density at radius 3 is 2.62 bits per heavy atom. The van der Waals surface area contributed by atoms with E-state index in [4.69, 9.17) is 0 Å². The van der Waals surface area contributed by atoms with Gasteiger partial charge in [0, 0.05) is 29.7 Å². The molecule has 26 heavy (non-hydrogen) atoms. The van der Waals surface area contributed by atoms with Crippen LogP contribution >= 0.6 is 15.9 Å². The van der Waals surface area contributed by atoms with Crippen molar-refractivity contribution in [3.8, 4) is 0 Å². The number of aliphatic hydroxyl groups is 1. The van der Waals surface area contributed by atoms with Crippen LogP contribution in [0.4, 0.5) is 5.69 Å². The summed E-state index contributed by atoms with van der Waals surface area (Å²) in [6, 6.07) is 14.2. The minimum Gasteiger partial charge on any atom is -0.394 e. The molecule has 0 aromatic heterocycles. The van der Waals surface area contributed by atoms with Crippen LogP contribution in [0.3, 0.4) is 0 Å². The van der Waals surface area contributed by atoms with Crippen molar-refractivity contribution >= 4 is 31.6 Å². The average molecular weight is 437 g/mol. The van der Waals surface area contributed by atoms with E-state index in [1.165, 1.54) is 0 Å². The lowest BCUT2D eigenvalue weighted by Gasteiger charge is -2.44. The quantitative estimate of drug-likeness (QED) is 0.802. The van der Waals surface area contributed by atoms with Crippen molar-refractivity contribution in [2.24, 2.45) is 5.92 Å². The molecule has 2 aliphatic rings. The van der Waals surface area contributed by atoms with Gasteiger partial charge in [-0.05, 0) is 42.3 Å². The molecule has 2 aromatic rings. The van der Waals surface area contributed by atoms with Crippen LogP contribution in [0.2, 0.25) is 0 Å². The number of rotatable bonds is 3. The van der Waals surface area contributed by atoms with Gasteiger partial charge in [-0.1, -0.05) is 34.1 Å². The lowest BCUT2D eigenvalue weighted by atomic mass is 9.82. The van der Waals surface area contributed by atoms with Crippen LogP contribution in [0.1, 0.15) is 18.0 Å². The molecule has 0 amide bonds. The molecule has 0 bridgehead atoms. The minimum atomic E-state index is -3.60. The number of halogens is 1. The highest BCUT2D eigenvalue weighted by atomic mass is 79.9. The Balaban J connectivity index is 1.85. The first-order valence-electron chi connectivity index (χ1n) is 8.65. The lowest BCUT2D eigenvalue weighted by Crippen LogP contribution is -2.48. The van der Waals surface area contributed by atoms with E-state index in [0.29, 0.717) is 11.4 Å². The fourth-order valence-corrected chi connectivity index (χ4v) is 6.45. The predicted molar refractivity (Wildman–Crippen MR) is 105 cm³/mol. The molecule has 0 radical (unpaired) electrons. The van der Waals surface area contributed by atoms with Crippen LogP contribution in [-0.4, -0.2) is 44.1 Å². The first-order valence-corrected chi connectivity index (χ1v) is 10.9. The number of hydrogen-bond acceptors (Lipinski definition) is 4. The number of likely N-dealkylation sites (N-methyl/N-ethyl adjacent to an activating group) is 1. The van der Waals surface area contributed by atoms with Gasteiger partial charge in [-0.2, -0.15) is 4.31 Å². The van der Waals surface area contributed by atoms with E-state index in [1.807, 2.05) is 31.3 Å². The summed E-state index contributed by atoms with van der Waals surface area (Å²) < 4.78 is 29.1. The van der Waals surface area contributed by atoms with Crippen molar-refractivity contribution in [3.63, 3.8) is 0 Å². The maximum Gasteiger partial charge on any atom is 0.243 e. The fourth-order valence-electron chi connectivity index (χ4n) is 4.38. The lowest BCUT2D eigenvalue weighted by molar-refractivity contribution is 0.193. The second-order valence-electron chi connectivity index (χ2n) is 6.89. The summed E-state index contributed by atoms with van der Waals surface area (Å²) in [4.78, 5) is 2.40. The van der Waals surface area contributed by atoms with Gasteiger partial charge in [0.2, 0.25) is 10.0 Å². The van der Waals surface area contributed by atoms with Gasteiger partial charge in [0.25, 0.3) is 0 Å². The molecule has 4 rings (SSSR count). The van der Waals surface area contributed by atoms with E-state index in [2.05, 4.69) is 20.8 Å². The summed E-state index contributed by atoms with van der Waals surface area (Å²) in [5.41, 5.74) is 1.97.